The number of aromatic amines is 1. The highest BCUT2D eigenvalue weighted by atomic mass is 32.1. The summed E-state index contributed by atoms with van der Waals surface area (Å²) in [7, 11) is 0. The molecule has 3 aromatic heterocycles. The molecule has 9 nitrogen and oxygen atoms in total. The van der Waals surface area contributed by atoms with Crippen LogP contribution >= 0.6 is 22.7 Å². The molecular weight excluding hydrogens is 445 g/mol. The number of phenols is 1. The van der Waals surface area contributed by atoms with Gasteiger partial charge in [0.1, 0.15) is 32.8 Å². The maximum absolute atomic E-state index is 14.4. The van der Waals surface area contributed by atoms with Gasteiger partial charge in [-0.1, -0.05) is 0 Å². The Morgan fingerprint density at radius 1 is 1.29 bits per heavy atom. The number of aromatic nitrogens is 4. The molecule has 4 N–H and O–H groups in total. The number of H-pyrrole nitrogens is 1. The zero-order chi connectivity index (χ0) is 22.1. The molecule has 0 aliphatic heterocycles. The normalized spacial score (nSPS) is 10.9. The van der Waals surface area contributed by atoms with Crippen molar-refractivity contribution in [3.63, 3.8) is 0 Å². The zero-order valence-corrected chi connectivity index (χ0v) is 17.5. The number of halogens is 1. The number of hydrogen-bond donors (Lipinski definition) is 4. The monoisotopic (exact) mass is 459 g/mol. The number of carboxylic acid groups (broad SMARTS) is 1. The van der Waals surface area contributed by atoms with E-state index in [2.05, 4.69) is 25.5 Å². The van der Waals surface area contributed by atoms with Crippen LogP contribution in [0.25, 0.3) is 21.1 Å². The molecule has 0 bridgehead atoms. The predicted molar refractivity (Wildman–Crippen MR) is 112 cm³/mol. The van der Waals surface area contributed by atoms with Crippen LogP contribution in [0.2, 0.25) is 0 Å². The van der Waals surface area contributed by atoms with Crippen LogP contribution in [-0.2, 0) is 6.54 Å². The molecular formula is C19H14FN5O4S2. The summed E-state index contributed by atoms with van der Waals surface area (Å²) in [4.78, 5) is 32.7. The molecule has 0 aliphatic carbocycles. The maximum Gasteiger partial charge on any atom is 0.339 e. The summed E-state index contributed by atoms with van der Waals surface area (Å²) in [5.74, 6) is -3.05. The number of carbonyl (C=O) groups is 2. The van der Waals surface area contributed by atoms with E-state index in [4.69, 9.17) is 5.11 Å². The SMILES string of the molecule is Cc1nc(CNC(=O)c2ccn[nH]2)sc1-c1csc(-c2cc(O)c(C(=O)O)cc2F)n1. The maximum atomic E-state index is 14.4. The average Bonchev–Trinajstić information content (AvgIpc) is 3.48. The summed E-state index contributed by atoms with van der Waals surface area (Å²) in [5.41, 5.74) is 1.11. The first-order valence-corrected chi connectivity index (χ1v) is 10.5. The number of carbonyl (C=O) groups excluding carboxylic acids is 1. The molecule has 0 saturated carbocycles. The molecule has 31 heavy (non-hydrogen) atoms. The van der Waals surface area contributed by atoms with Crippen molar-refractivity contribution in [3.8, 4) is 26.9 Å². The third-order valence-electron chi connectivity index (χ3n) is 4.27. The Hall–Kier alpha value is -3.64. The van der Waals surface area contributed by atoms with Crippen molar-refractivity contribution in [3.05, 3.63) is 57.6 Å². The number of hydrogen-bond acceptors (Lipinski definition) is 8. The third kappa shape index (κ3) is 4.15. The van der Waals surface area contributed by atoms with Gasteiger partial charge in [0, 0.05) is 17.1 Å². The first-order chi connectivity index (χ1) is 14.8. The van der Waals surface area contributed by atoms with Crippen LogP contribution in [-0.4, -0.2) is 42.3 Å². The van der Waals surface area contributed by atoms with Crippen LogP contribution in [0.4, 0.5) is 4.39 Å². The Kier molecular flexibility index (Phi) is 5.48. The lowest BCUT2D eigenvalue weighted by atomic mass is 10.1. The summed E-state index contributed by atoms with van der Waals surface area (Å²) in [6.07, 6.45) is 1.48. The topological polar surface area (TPSA) is 141 Å². The molecule has 4 aromatic rings. The van der Waals surface area contributed by atoms with E-state index in [1.54, 1.807) is 18.4 Å². The molecule has 0 radical (unpaired) electrons. The minimum absolute atomic E-state index is 0.00737. The summed E-state index contributed by atoms with van der Waals surface area (Å²) in [6.45, 7) is 2.03. The largest absolute Gasteiger partial charge is 0.507 e. The van der Waals surface area contributed by atoms with E-state index in [-0.39, 0.29) is 18.0 Å². The van der Waals surface area contributed by atoms with Crippen LogP contribution in [0, 0.1) is 12.7 Å². The van der Waals surface area contributed by atoms with Crippen LogP contribution in [0.15, 0.2) is 29.8 Å². The number of aryl methyl sites for hydroxylation is 1. The van der Waals surface area contributed by atoms with Crippen molar-refractivity contribution in [1.29, 1.82) is 0 Å². The van der Waals surface area contributed by atoms with Gasteiger partial charge in [-0.2, -0.15) is 5.10 Å². The summed E-state index contributed by atoms with van der Waals surface area (Å²) >= 11 is 2.50. The Labute approximate surface area is 182 Å². The number of aromatic carboxylic acids is 1. The van der Waals surface area contributed by atoms with Gasteiger partial charge in [0.15, 0.2) is 0 Å². The van der Waals surface area contributed by atoms with E-state index < -0.39 is 23.1 Å². The second-order valence-electron chi connectivity index (χ2n) is 6.37. The van der Waals surface area contributed by atoms with Gasteiger partial charge in [-0.25, -0.2) is 19.2 Å². The third-order valence-corrected chi connectivity index (χ3v) is 6.32. The number of nitrogens with zero attached hydrogens (tertiary/aromatic N) is 3. The van der Waals surface area contributed by atoms with Gasteiger partial charge >= 0.3 is 5.97 Å². The lowest BCUT2D eigenvalue weighted by molar-refractivity contribution is 0.0693. The molecule has 0 saturated heterocycles. The molecule has 1 aromatic carbocycles. The molecule has 0 fully saturated rings. The fraction of sp³-hybridized carbons (Fsp3) is 0.105. The van der Waals surface area contributed by atoms with E-state index in [1.807, 2.05) is 0 Å². The van der Waals surface area contributed by atoms with Crippen molar-refractivity contribution in [1.82, 2.24) is 25.5 Å². The van der Waals surface area contributed by atoms with Crippen LogP contribution < -0.4 is 5.32 Å². The quantitative estimate of drug-likeness (QED) is 0.346. The highest BCUT2D eigenvalue weighted by Gasteiger charge is 2.19. The number of carboxylic acids is 1. The Balaban J connectivity index is 1.55. The minimum atomic E-state index is -1.42. The van der Waals surface area contributed by atoms with Crippen molar-refractivity contribution in [2.45, 2.75) is 13.5 Å². The molecule has 3 heterocycles. The fourth-order valence-electron chi connectivity index (χ4n) is 2.80. The Morgan fingerprint density at radius 2 is 2.10 bits per heavy atom. The molecule has 4 rings (SSSR count). The number of aromatic hydroxyl groups is 1. The lowest BCUT2D eigenvalue weighted by Crippen LogP contribution is -2.23. The number of rotatable bonds is 6. The number of thiazole rings is 2. The van der Waals surface area contributed by atoms with Gasteiger partial charge in [0.25, 0.3) is 5.91 Å². The fourth-order valence-corrected chi connectivity index (χ4v) is 4.67. The molecule has 0 unspecified atom stereocenters. The highest BCUT2D eigenvalue weighted by Crippen LogP contribution is 2.36. The molecule has 158 valence electrons. The molecule has 0 spiro atoms. The van der Waals surface area contributed by atoms with E-state index in [9.17, 15) is 19.1 Å². The van der Waals surface area contributed by atoms with Crippen molar-refractivity contribution >= 4 is 34.6 Å². The number of nitrogens with one attached hydrogen (secondary N) is 2. The second-order valence-corrected chi connectivity index (χ2v) is 8.31. The first kappa shape index (κ1) is 20.6. The van der Waals surface area contributed by atoms with Gasteiger partial charge in [0.2, 0.25) is 0 Å². The van der Waals surface area contributed by atoms with E-state index in [0.717, 1.165) is 28.3 Å². The Morgan fingerprint density at radius 3 is 2.81 bits per heavy atom. The van der Waals surface area contributed by atoms with Gasteiger partial charge < -0.3 is 15.5 Å². The van der Waals surface area contributed by atoms with Crippen LogP contribution in [0.5, 0.6) is 5.75 Å². The van der Waals surface area contributed by atoms with E-state index in [0.29, 0.717) is 27.1 Å². The standard InChI is InChI=1S/C19H14FN5O4S2/c1-8-16(31-15(23-8)6-21-17(27)12-2-3-22-25-12)13-7-30-18(24-13)9-5-14(26)10(19(28)29)4-11(9)20/h2-5,7,26H,6H2,1H3,(H,21,27)(H,22,25)(H,28,29). The Bertz CT molecular complexity index is 1280. The number of benzene rings is 1. The summed E-state index contributed by atoms with van der Waals surface area (Å²) < 4.78 is 14.4. The summed E-state index contributed by atoms with van der Waals surface area (Å²) in [5, 5.41) is 30.6. The van der Waals surface area contributed by atoms with Crippen molar-refractivity contribution in [2.24, 2.45) is 0 Å². The molecule has 0 aliphatic rings. The van der Waals surface area contributed by atoms with Gasteiger partial charge in [-0.3, -0.25) is 9.89 Å². The lowest BCUT2D eigenvalue weighted by Gasteiger charge is -2.04. The van der Waals surface area contributed by atoms with E-state index >= 15 is 0 Å². The van der Waals surface area contributed by atoms with Crippen molar-refractivity contribution in [2.75, 3.05) is 0 Å². The predicted octanol–water partition coefficient (Wildman–Crippen LogP) is 3.44. The van der Waals surface area contributed by atoms with Gasteiger partial charge in [-0.05, 0) is 25.1 Å². The van der Waals surface area contributed by atoms with Crippen molar-refractivity contribution < 1.29 is 24.2 Å². The summed E-state index contributed by atoms with van der Waals surface area (Å²) in [6, 6.07) is 3.38. The zero-order valence-electron chi connectivity index (χ0n) is 15.8. The molecule has 1 amide bonds. The average molecular weight is 459 g/mol. The number of amides is 1. The van der Waals surface area contributed by atoms with Crippen LogP contribution in [0.3, 0.4) is 0 Å². The molecule has 0 atom stereocenters. The highest BCUT2D eigenvalue weighted by molar-refractivity contribution is 7.16. The minimum Gasteiger partial charge on any atom is -0.507 e. The second kappa shape index (κ2) is 8.24. The molecule has 12 heteroatoms. The first-order valence-electron chi connectivity index (χ1n) is 8.79. The van der Waals surface area contributed by atoms with Gasteiger partial charge in [-0.15, -0.1) is 22.7 Å². The van der Waals surface area contributed by atoms with E-state index in [1.165, 1.54) is 17.5 Å². The van der Waals surface area contributed by atoms with Gasteiger partial charge in [0.05, 0.1) is 22.8 Å². The smallest absolute Gasteiger partial charge is 0.339 e. The van der Waals surface area contributed by atoms with Crippen LogP contribution in [0.1, 0.15) is 31.5 Å².